The van der Waals surface area contributed by atoms with Crippen LogP contribution in [-0.4, -0.2) is 75.9 Å². The zero-order valence-electron chi connectivity index (χ0n) is 38.8. The van der Waals surface area contributed by atoms with E-state index in [0.29, 0.717) is 37.1 Å². The predicted molar refractivity (Wildman–Crippen MR) is 260 cm³/mol. The van der Waals surface area contributed by atoms with Gasteiger partial charge in [0.1, 0.15) is 18.3 Å². The number of benzene rings is 5. The van der Waals surface area contributed by atoms with Crippen LogP contribution in [0.2, 0.25) is 0 Å². The predicted octanol–water partition coefficient (Wildman–Crippen LogP) is 8.88. The van der Waals surface area contributed by atoms with Crippen LogP contribution in [0.15, 0.2) is 103 Å². The van der Waals surface area contributed by atoms with E-state index >= 15 is 4.79 Å². The number of hydrogen-bond acceptors (Lipinski definition) is 10. The summed E-state index contributed by atoms with van der Waals surface area (Å²) < 4.78 is 11.8. The number of rotatable bonds is 22. The highest BCUT2D eigenvalue weighted by Gasteiger charge is 2.35. The first-order chi connectivity index (χ1) is 31.9. The number of H-pyrrole nitrogens is 1. The number of hydrogen-bond donors (Lipinski definition) is 8. The molecule has 0 saturated heterocycles. The van der Waals surface area contributed by atoms with Crippen LogP contribution in [0.4, 0.5) is 0 Å². The minimum Gasteiger partial charge on any atom is -0.508 e. The summed E-state index contributed by atoms with van der Waals surface area (Å²) in [6, 6.07) is 28.7. The van der Waals surface area contributed by atoms with Gasteiger partial charge in [-0.2, -0.15) is 0 Å². The lowest BCUT2D eigenvalue weighted by atomic mass is 9.75. The summed E-state index contributed by atoms with van der Waals surface area (Å²) in [6.45, 7) is 4.17. The summed E-state index contributed by atoms with van der Waals surface area (Å²) in [7, 11) is 3.51. The first kappa shape index (κ1) is 48.1. The number of ketones is 1. The second kappa shape index (κ2) is 22.1. The molecule has 1 heterocycles. The van der Waals surface area contributed by atoms with Gasteiger partial charge in [0.2, 0.25) is 0 Å². The van der Waals surface area contributed by atoms with E-state index in [2.05, 4.69) is 46.8 Å². The molecule has 1 aromatic heterocycles. The number of fused-ring (bicyclic) bond motifs is 1. The van der Waals surface area contributed by atoms with Gasteiger partial charge in [0.15, 0.2) is 23.0 Å². The average molecular weight is 898 g/mol. The van der Waals surface area contributed by atoms with Crippen LogP contribution in [0, 0.1) is 5.92 Å². The van der Waals surface area contributed by atoms with Crippen LogP contribution < -0.4 is 20.1 Å². The van der Waals surface area contributed by atoms with E-state index in [0.717, 1.165) is 82.7 Å². The molecule has 66 heavy (non-hydrogen) atoms. The van der Waals surface area contributed by atoms with E-state index in [9.17, 15) is 25.5 Å². The second-order valence-corrected chi connectivity index (χ2v) is 18.2. The molecule has 4 unspecified atom stereocenters. The van der Waals surface area contributed by atoms with Crippen LogP contribution in [0.25, 0.3) is 10.8 Å². The van der Waals surface area contributed by atoms with E-state index in [4.69, 9.17) is 9.47 Å². The number of aromatic amines is 1. The van der Waals surface area contributed by atoms with Crippen molar-refractivity contribution in [1.82, 2.24) is 15.6 Å². The first-order valence-corrected chi connectivity index (χ1v) is 23.5. The molecule has 11 heteroatoms. The molecule has 0 aliphatic heterocycles. The number of nitrogens with one attached hydrogen (secondary N) is 3. The number of aromatic hydroxyl groups is 3. The van der Waals surface area contributed by atoms with Gasteiger partial charge < -0.3 is 45.3 Å². The highest BCUT2D eigenvalue weighted by Crippen LogP contribution is 2.42. The Kier molecular flexibility index (Phi) is 16.1. The minimum atomic E-state index is -1.08. The fraction of sp³-hybridized carbons (Fsp3) is 0.400. The molecule has 1 fully saturated rings. The van der Waals surface area contributed by atoms with Gasteiger partial charge in [-0.3, -0.25) is 10.1 Å². The highest BCUT2D eigenvalue weighted by molar-refractivity contribution is 5.88. The number of aryl methyl sites for hydroxylation is 1. The third-order valence-corrected chi connectivity index (χ3v) is 13.7. The van der Waals surface area contributed by atoms with Crippen molar-refractivity contribution in [2.75, 3.05) is 27.4 Å². The van der Waals surface area contributed by atoms with Gasteiger partial charge >= 0.3 is 0 Å². The average Bonchev–Trinajstić information content (AvgIpc) is 3.84. The summed E-state index contributed by atoms with van der Waals surface area (Å²) in [5, 5.41) is 64.2. The Balaban J connectivity index is 1.24. The van der Waals surface area contributed by atoms with Crippen molar-refractivity contribution in [1.29, 1.82) is 0 Å². The molecule has 7 rings (SSSR count). The molecule has 0 radical (unpaired) electrons. The molecule has 6 aromatic rings. The maximum Gasteiger partial charge on any atom is 0.164 e. The van der Waals surface area contributed by atoms with Crippen LogP contribution in [0.3, 0.4) is 0 Å². The van der Waals surface area contributed by atoms with Gasteiger partial charge in [-0.15, -0.1) is 0 Å². The van der Waals surface area contributed by atoms with Crippen molar-refractivity contribution < 1.29 is 39.8 Å². The molecule has 8 N–H and O–H groups in total. The Morgan fingerprint density at radius 2 is 1.61 bits per heavy atom. The van der Waals surface area contributed by atoms with Gasteiger partial charge in [-0.1, -0.05) is 80.8 Å². The molecule has 1 saturated carbocycles. The fourth-order valence-corrected chi connectivity index (χ4v) is 10.1. The summed E-state index contributed by atoms with van der Waals surface area (Å²) in [4.78, 5) is 18.3. The molecule has 1 aliphatic rings. The zero-order valence-corrected chi connectivity index (χ0v) is 38.8. The summed E-state index contributed by atoms with van der Waals surface area (Å²) in [6.07, 6.45) is 9.37. The number of carbonyl (C=O) groups is 1. The third-order valence-electron chi connectivity index (χ3n) is 13.7. The normalized spacial score (nSPS) is 15.5. The quantitative estimate of drug-likeness (QED) is 0.0243. The molecular weight excluding hydrogens is 831 g/mol. The Morgan fingerprint density at radius 3 is 2.33 bits per heavy atom. The van der Waals surface area contributed by atoms with Crippen molar-refractivity contribution >= 4 is 16.6 Å². The standard InChI is InChI=1S/C55H67N3O8/c1-5-38-14-15-39-11-7-8-12-45(39)46(38)30-48-40(16-18-50(62)54(48)65-4)26-42(23-37-19-22-57-33-37)51(63)31-52(64)47(24-36-13-17-49(61)53(25-36)66-34-58-32-35(2)59)41-27-43(29-44(60)28-41)55(56-3)20-9-6-10-21-55/h7-8,11-19,22,25,27-29,33,35,42,47,51,56-63H,5-6,9-10,20-21,23-24,26,30-32,34H2,1-4H3. The van der Waals surface area contributed by atoms with Crippen molar-refractivity contribution in [3.8, 4) is 28.7 Å². The number of Topliss-reactive ketones (excluding diaryl/α,β-unsaturated/α-hetero) is 1. The van der Waals surface area contributed by atoms with Gasteiger partial charge in [-0.25, -0.2) is 0 Å². The molecule has 1 aliphatic carbocycles. The zero-order chi connectivity index (χ0) is 46.8. The number of aromatic nitrogens is 1. The third kappa shape index (κ3) is 11.4. The van der Waals surface area contributed by atoms with Gasteiger partial charge in [-0.05, 0) is 145 Å². The minimum absolute atomic E-state index is 0.0351. The van der Waals surface area contributed by atoms with Crippen LogP contribution >= 0.6 is 0 Å². The molecule has 11 nitrogen and oxygen atoms in total. The first-order valence-electron chi connectivity index (χ1n) is 23.5. The molecule has 0 bridgehead atoms. The number of aliphatic hydroxyl groups is 2. The molecule has 350 valence electrons. The Morgan fingerprint density at radius 1 is 0.833 bits per heavy atom. The van der Waals surface area contributed by atoms with Crippen molar-refractivity contribution in [3.63, 3.8) is 0 Å². The summed E-state index contributed by atoms with van der Waals surface area (Å²) in [5.74, 6) is -0.732. The Bertz CT molecular complexity index is 2550. The lowest BCUT2D eigenvalue weighted by Crippen LogP contribution is -2.41. The van der Waals surface area contributed by atoms with E-state index in [-0.39, 0.29) is 53.9 Å². The van der Waals surface area contributed by atoms with Crippen molar-refractivity contribution in [2.45, 2.75) is 108 Å². The fourth-order valence-electron chi connectivity index (χ4n) is 10.1. The number of carbonyl (C=O) groups excluding carboxylic acids is 1. The molecule has 5 aromatic carbocycles. The monoisotopic (exact) mass is 897 g/mol. The van der Waals surface area contributed by atoms with E-state index in [1.807, 2.05) is 49.8 Å². The lowest BCUT2D eigenvalue weighted by molar-refractivity contribution is -0.123. The number of ether oxygens (including phenoxy) is 2. The lowest BCUT2D eigenvalue weighted by Gasteiger charge is -2.38. The summed E-state index contributed by atoms with van der Waals surface area (Å²) in [5.41, 5.74) is 7.01. The Hall–Kier alpha value is -5.85. The van der Waals surface area contributed by atoms with Gasteiger partial charge in [0.05, 0.1) is 19.3 Å². The molecule has 0 spiro atoms. The smallest absolute Gasteiger partial charge is 0.164 e. The maximum atomic E-state index is 15.1. The van der Waals surface area contributed by atoms with Crippen LogP contribution in [0.5, 0.6) is 28.7 Å². The Labute approximate surface area is 388 Å². The number of phenols is 3. The topological polar surface area (TPSA) is 177 Å². The molecular formula is C55H67N3O8. The number of aliphatic hydroxyl groups excluding tert-OH is 2. The SMILES string of the molecule is CCc1ccc2ccccc2c1Cc1c(CC(Cc2cc[nH]c2)C(O)CC(=O)C(Cc2ccc(O)c(OCNCC(C)O)c2)c2cc(O)cc(C3(NC)CCCCC3)c2)ccc(O)c1OC. The van der Waals surface area contributed by atoms with E-state index in [1.165, 1.54) is 5.56 Å². The van der Waals surface area contributed by atoms with Crippen molar-refractivity contribution in [3.05, 3.63) is 148 Å². The van der Waals surface area contributed by atoms with Gasteiger partial charge in [0.25, 0.3) is 0 Å². The van der Waals surface area contributed by atoms with E-state index < -0.39 is 24.0 Å². The van der Waals surface area contributed by atoms with Gasteiger partial charge in [0, 0.05) is 48.8 Å². The highest BCUT2D eigenvalue weighted by atomic mass is 16.5. The number of methoxy groups -OCH3 is 1. The van der Waals surface area contributed by atoms with Crippen molar-refractivity contribution in [2.24, 2.45) is 5.92 Å². The second-order valence-electron chi connectivity index (χ2n) is 18.2. The van der Waals surface area contributed by atoms with Crippen LogP contribution in [0.1, 0.15) is 103 Å². The number of phenolic OH excluding ortho intramolecular Hbond substituents is 3. The largest absolute Gasteiger partial charge is 0.508 e. The maximum absolute atomic E-state index is 15.1. The van der Waals surface area contributed by atoms with Crippen LogP contribution in [-0.2, 0) is 42.4 Å². The summed E-state index contributed by atoms with van der Waals surface area (Å²) >= 11 is 0. The molecule has 0 amide bonds. The molecule has 4 atom stereocenters. The van der Waals surface area contributed by atoms with E-state index in [1.54, 1.807) is 50.4 Å².